The molecule has 0 aromatic rings. The molecule has 0 saturated carbocycles. The van der Waals surface area contributed by atoms with Crippen molar-refractivity contribution in [1.29, 1.82) is 0 Å². The first-order chi connectivity index (χ1) is 8.17. The summed E-state index contributed by atoms with van der Waals surface area (Å²) in [6.07, 6.45) is 4.99. The van der Waals surface area contributed by atoms with Crippen LogP contribution >= 0.6 is 0 Å². The maximum atomic E-state index is 5.25. The zero-order chi connectivity index (χ0) is 12.7. The molecule has 1 fully saturated rings. The fourth-order valence-corrected chi connectivity index (χ4v) is 2.65. The van der Waals surface area contributed by atoms with Gasteiger partial charge < -0.3 is 20.1 Å². The van der Waals surface area contributed by atoms with Crippen molar-refractivity contribution >= 4 is 0 Å². The molecule has 2 N–H and O–H groups in total. The van der Waals surface area contributed by atoms with Gasteiger partial charge >= 0.3 is 0 Å². The highest BCUT2D eigenvalue weighted by Gasteiger charge is 2.20. The number of hydrogen-bond acceptors (Lipinski definition) is 4. The number of methoxy groups -OCH3 is 2. The zero-order valence-corrected chi connectivity index (χ0v) is 11.7. The van der Waals surface area contributed by atoms with Crippen LogP contribution in [0.4, 0.5) is 0 Å². The van der Waals surface area contributed by atoms with Crippen LogP contribution in [0, 0.1) is 0 Å². The van der Waals surface area contributed by atoms with Crippen LogP contribution in [0.3, 0.4) is 0 Å². The van der Waals surface area contributed by atoms with Crippen molar-refractivity contribution in [2.45, 2.75) is 63.9 Å². The van der Waals surface area contributed by atoms with E-state index in [4.69, 9.17) is 9.47 Å². The topological polar surface area (TPSA) is 42.5 Å². The molecule has 0 spiro atoms. The van der Waals surface area contributed by atoms with Gasteiger partial charge in [-0.15, -0.1) is 0 Å². The van der Waals surface area contributed by atoms with Gasteiger partial charge in [-0.2, -0.15) is 0 Å². The van der Waals surface area contributed by atoms with Gasteiger partial charge in [0.05, 0.1) is 6.04 Å². The highest BCUT2D eigenvalue weighted by Crippen LogP contribution is 2.12. The number of ether oxygens (including phenoxy) is 2. The van der Waals surface area contributed by atoms with Gasteiger partial charge in [0.25, 0.3) is 0 Å². The van der Waals surface area contributed by atoms with Gasteiger partial charge in [0.15, 0.2) is 6.29 Å². The van der Waals surface area contributed by atoms with Crippen molar-refractivity contribution in [1.82, 2.24) is 10.6 Å². The number of hydrogen-bond donors (Lipinski definition) is 2. The smallest absolute Gasteiger partial charge is 0.171 e. The molecule has 1 heterocycles. The lowest BCUT2D eigenvalue weighted by Gasteiger charge is -2.30. The van der Waals surface area contributed by atoms with E-state index in [9.17, 15) is 0 Å². The van der Waals surface area contributed by atoms with Gasteiger partial charge in [-0.05, 0) is 39.7 Å². The predicted octanol–water partition coefficient (Wildman–Crippen LogP) is 1.50. The van der Waals surface area contributed by atoms with Gasteiger partial charge in [0.2, 0.25) is 0 Å². The van der Waals surface area contributed by atoms with Crippen molar-refractivity contribution in [2.24, 2.45) is 0 Å². The van der Waals surface area contributed by atoms with Crippen molar-refractivity contribution in [3.63, 3.8) is 0 Å². The van der Waals surface area contributed by atoms with Crippen LogP contribution < -0.4 is 10.6 Å². The summed E-state index contributed by atoms with van der Waals surface area (Å²) in [5, 5.41) is 7.12. The van der Waals surface area contributed by atoms with E-state index in [0.717, 1.165) is 0 Å². The maximum Gasteiger partial charge on any atom is 0.171 e. The fraction of sp³-hybridized carbons (Fsp3) is 1.00. The Morgan fingerprint density at radius 3 is 2.47 bits per heavy atom. The Labute approximate surface area is 105 Å². The first-order valence-electron chi connectivity index (χ1n) is 6.72. The molecule has 1 rings (SSSR count). The summed E-state index contributed by atoms with van der Waals surface area (Å²) in [5.74, 6) is 0. The minimum absolute atomic E-state index is 0.170. The molecular formula is C13H28N2O2. The van der Waals surface area contributed by atoms with E-state index in [-0.39, 0.29) is 12.3 Å². The quantitative estimate of drug-likeness (QED) is 0.666. The molecule has 4 heteroatoms. The summed E-state index contributed by atoms with van der Waals surface area (Å²) in [6.45, 7) is 5.50. The Hall–Kier alpha value is -0.160. The average Bonchev–Trinajstić information content (AvgIpc) is 2.31. The van der Waals surface area contributed by atoms with Gasteiger partial charge in [-0.1, -0.05) is 6.42 Å². The van der Waals surface area contributed by atoms with Crippen molar-refractivity contribution < 1.29 is 9.47 Å². The van der Waals surface area contributed by atoms with Crippen LogP contribution in [0.25, 0.3) is 0 Å². The molecule has 17 heavy (non-hydrogen) atoms. The Kier molecular flexibility index (Phi) is 7.04. The maximum absolute atomic E-state index is 5.25. The van der Waals surface area contributed by atoms with Crippen molar-refractivity contribution in [2.75, 3.05) is 20.8 Å². The lowest BCUT2D eigenvalue weighted by atomic mass is 9.98. The molecule has 3 atom stereocenters. The van der Waals surface area contributed by atoms with E-state index in [0.29, 0.717) is 12.1 Å². The third kappa shape index (κ3) is 5.34. The Morgan fingerprint density at radius 2 is 1.94 bits per heavy atom. The molecule has 102 valence electrons. The second kappa shape index (κ2) is 8.03. The first kappa shape index (κ1) is 14.9. The normalized spacial score (nSPS) is 24.9. The molecule has 0 amide bonds. The molecular weight excluding hydrogens is 216 g/mol. The summed E-state index contributed by atoms with van der Waals surface area (Å²) >= 11 is 0. The van der Waals surface area contributed by atoms with Crippen LogP contribution in [0.1, 0.15) is 39.5 Å². The number of nitrogens with one attached hydrogen (secondary N) is 2. The summed E-state index contributed by atoms with van der Waals surface area (Å²) in [4.78, 5) is 0. The van der Waals surface area contributed by atoms with E-state index in [1.54, 1.807) is 14.2 Å². The molecule has 0 aromatic heterocycles. The average molecular weight is 244 g/mol. The summed E-state index contributed by atoms with van der Waals surface area (Å²) in [7, 11) is 3.36. The third-order valence-electron chi connectivity index (χ3n) is 3.47. The molecule has 4 nitrogen and oxygen atoms in total. The molecule has 0 bridgehead atoms. The summed E-state index contributed by atoms with van der Waals surface area (Å²) in [6, 6.07) is 1.36. The highest BCUT2D eigenvalue weighted by atomic mass is 16.7. The minimum Gasteiger partial charge on any atom is -0.354 e. The fourth-order valence-electron chi connectivity index (χ4n) is 2.65. The van der Waals surface area contributed by atoms with E-state index >= 15 is 0 Å². The van der Waals surface area contributed by atoms with Crippen LogP contribution in [0.2, 0.25) is 0 Å². The highest BCUT2D eigenvalue weighted by molar-refractivity contribution is 4.79. The molecule has 0 aromatic carbocycles. The van der Waals surface area contributed by atoms with Gasteiger partial charge in [-0.25, -0.2) is 0 Å². The summed E-state index contributed by atoms with van der Waals surface area (Å²) in [5.41, 5.74) is 0. The van der Waals surface area contributed by atoms with Crippen molar-refractivity contribution in [3.8, 4) is 0 Å². The van der Waals surface area contributed by atoms with E-state index in [1.807, 2.05) is 0 Å². The molecule has 1 aliphatic rings. The number of piperidine rings is 1. The number of rotatable bonds is 7. The third-order valence-corrected chi connectivity index (χ3v) is 3.47. The Morgan fingerprint density at radius 1 is 1.24 bits per heavy atom. The Bertz CT molecular complexity index is 192. The monoisotopic (exact) mass is 244 g/mol. The zero-order valence-electron chi connectivity index (χ0n) is 11.7. The van der Waals surface area contributed by atoms with E-state index in [1.165, 1.54) is 32.2 Å². The molecule has 1 aliphatic heterocycles. The van der Waals surface area contributed by atoms with Gasteiger partial charge in [0, 0.05) is 26.3 Å². The molecule has 0 aliphatic carbocycles. The first-order valence-corrected chi connectivity index (χ1v) is 6.72. The molecule has 0 radical (unpaired) electrons. The van der Waals surface area contributed by atoms with Crippen LogP contribution in [-0.4, -0.2) is 45.2 Å². The SMILES string of the molecule is COC(OC)C(C)NC(C)CC1CCCCN1. The van der Waals surface area contributed by atoms with Gasteiger partial charge in [-0.3, -0.25) is 0 Å². The lowest BCUT2D eigenvalue weighted by Crippen LogP contribution is -2.47. The van der Waals surface area contributed by atoms with Crippen LogP contribution in [-0.2, 0) is 9.47 Å². The lowest BCUT2D eigenvalue weighted by molar-refractivity contribution is -0.120. The molecule has 1 saturated heterocycles. The van der Waals surface area contributed by atoms with Crippen LogP contribution in [0.15, 0.2) is 0 Å². The molecule has 3 unspecified atom stereocenters. The minimum atomic E-state index is -0.170. The summed E-state index contributed by atoms with van der Waals surface area (Å²) < 4.78 is 10.5. The predicted molar refractivity (Wildman–Crippen MR) is 70.1 cm³/mol. The largest absolute Gasteiger partial charge is 0.354 e. The van der Waals surface area contributed by atoms with Crippen molar-refractivity contribution in [3.05, 3.63) is 0 Å². The Balaban J connectivity index is 2.24. The second-order valence-electron chi connectivity index (χ2n) is 5.08. The standard InChI is InChI=1S/C13H28N2O2/c1-10(9-12-7-5-6-8-14-12)15-11(2)13(16-3)17-4/h10-15H,5-9H2,1-4H3. The van der Waals surface area contributed by atoms with E-state index in [2.05, 4.69) is 24.5 Å². The van der Waals surface area contributed by atoms with Crippen LogP contribution in [0.5, 0.6) is 0 Å². The van der Waals surface area contributed by atoms with Gasteiger partial charge in [0.1, 0.15) is 0 Å². The van der Waals surface area contributed by atoms with E-state index < -0.39 is 0 Å². The second-order valence-corrected chi connectivity index (χ2v) is 5.08.